The van der Waals surface area contributed by atoms with Crippen molar-refractivity contribution in [2.24, 2.45) is 0 Å². The number of methoxy groups -OCH3 is 1. The summed E-state index contributed by atoms with van der Waals surface area (Å²) in [6, 6.07) is 1.99. The van der Waals surface area contributed by atoms with Gasteiger partial charge in [-0.15, -0.1) is 0 Å². The number of ether oxygens (including phenoxy) is 2. The van der Waals surface area contributed by atoms with Gasteiger partial charge in [-0.05, 0) is 35.2 Å². The average molecular weight is 369 g/mol. The number of esters is 2. The Hall–Kier alpha value is -1.80. The van der Waals surface area contributed by atoms with E-state index in [2.05, 4.69) is 4.74 Å². The van der Waals surface area contributed by atoms with Gasteiger partial charge in [0.05, 0.1) is 30.6 Å². The van der Waals surface area contributed by atoms with E-state index in [1.807, 2.05) is 16.8 Å². The molecule has 1 fully saturated rings. The topological polar surface area (TPSA) is 72.9 Å². The highest BCUT2D eigenvalue weighted by molar-refractivity contribution is 8.04. The van der Waals surface area contributed by atoms with Crippen molar-refractivity contribution in [3.8, 4) is 0 Å². The van der Waals surface area contributed by atoms with E-state index in [1.54, 1.807) is 11.3 Å². The van der Waals surface area contributed by atoms with Crippen molar-refractivity contribution in [3.63, 3.8) is 0 Å². The Bertz CT molecular complexity index is 612. The van der Waals surface area contributed by atoms with Crippen LogP contribution in [-0.2, 0) is 30.3 Å². The number of nitrogens with zero attached hydrogens (tertiary/aromatic N) is 1. The minimum absolute atomic E-state index is 0.0565. The standard InChI is InChI=1S/C16H19NO5S2/c1-21-16(20)9-14-17(13(18)11-24-14)6-2-7-22-15(19)4-3-12-5-8-23-10-12/h5,8-10H,2-4,6-7,11H2,1H3/b14-9+. The predicted molar refractivity (Wildman–Crippen MR) is 92.5 cm³/mol. The van der Waals surface area contributed by atoms with E-state index in [1.165, 1.54) is 29.8 Å². The third kappa shape index (κ3) is 5.68. The minimum Gasteiger partial charge on any atom is -0.466 e. The van der Waals surface area contributed by atoms with E-state index in [0.29, 0.717) is 36.6 Å². The third-order valence-electron chi connectivity index (χ3n) is 3.34. The van der Waals surface area contributed by atoms with Crippen molar-refractivity contribution < 1.29 is 23.9 Å². The summed E-state index contributed by atoms with van der Waals surface area (Å²) in [4.78, 5) is 36.3. The highest BCUT2D eigenvalue weighted by Gasteiger charge is 2.26. The summed E-state index contributed by atoms with van der Waals surface area (Å²) in [5.74, 6) is -0.479. The number of carbonyl (C=O) groups excluding carboxylic acids is 3. The summed E-state index contributed by atoms with van der Waals surface area (Å²) in [6.07, 6.45) is 2.86. The van der Waals surface area contributed by atoms with Crippen molar-refractivity contribution in [1.29, 1.82) is 0 Å². The number of aryl methyl sites for hydroxylation is 1. The van der Waals surface area contributed by atoms with Crippen LogP contribution in [0, 0.1) is 0 Å². The second-order valence-electron chi connectivity index (χ2n) is 5.05. The molecule has 0 unspecified atom stereocenters. The maximum atomic E-state index is 11.8. The molecule has 0 aromatic carbocycles. The molecule has 0 atom stereocenters. The molecular formula is C16H19NO5S2. The maximum absolute atomic E-state index is 11.8. The Morgan fingerprint density at radius 2 is 2.25 bits per heavy atom. The molecule has 1 aromatic heterocycles. The zero-order valence-corrected chi connectivity index (χ0v) is 15.0. The van der Waals surface area contributed by atoms with Gasteiger partial charge in [-0.3, -0.25) is 9.59 Å². The lowest BCUT2D eigenvalue weighted by molar-refractivity contribution is -0.143. The van der Waals surface area contributed by atoms with E-state index >= 15 is 0 Å². The second kappa shape index (κ2) is 9.48. The molecule has 0 aliphatic carbocycles. The molecule has 2 rings (SSSR count). The van der Waals surface area contributed by atoms with Crippen molar-refractivity contribution in [2.45, 2.75) is 19.3 Å². The predicted octanol–water partition coefficient (Wildman–Crippen LogP) is 2.20. The van der Waals surface area contributed by atoms with Gasteiger partial charge < -0.3 is 14.4 Å². The summed E-state index contributed by atoms with van der Waals surface area (Å²) in [5, 5.41) is 4.57. The number of carbonyl (C=O) groups is 3. The van der Waals surface area contributed by atoms with Crippen LogP contribution in [0.15, 0.2) is 27.9 Å². The fourth-order valence-corrected chi connectivity index (χ4v) is 3.75. The van der Waals surface area contributed by atoms with E-state index in [9.17, 15) is 14.4 Å². The first kappa shape index (κ1) is 18.5. The molecular weight excluding hydrogens is 350 g/mol. The van der Waals surface area contributed by atoms with Crippen molar-refractivity contribution in [2.75, 3.05) is 26.0 Å². The molecule has 8 heteroatoms. The van der Waals surface area contributed by atoms with Gasteiger partial charge in [-0.2, -0.15) is 11.3 Å². The van der Waals surface area contributed by atoms with Gasteiger partial charge in [-0.1, -0.05) is 11.8 Å². The lowest BCUT2D eigenvalue weighted by atomic mass is 10.2. The van der Waals surface area contributed by atoms with Crippen LogP contribution in [-0.4, -0.2) is 48.8 Å². The third-order valence-corrected chi connectivity index (χ3v) is 5.10. The number of rotatable bonds is 8. The molecule has 2 heterocycles. The summed E-state index contributed by atoms with van der Waals surface area (Å²) < 4.78 is 9.76. The van der Waals surface area contributed by atoms with E-state index < -0.39 is 5.97 Å². The summed E-state index contributed by atoms with van der Waals surface area (Å²) >= 11 is 2.91. The van der Waals surface area contributed by atoms with Crippen LogP contribution in [0.25, 0.3) is 0 Å². The Morgan fingerprint density at radius 1 is 1.42 bits per heavy atom. The SMILES string of the molecule is COC(=O)/C=C1/SCC(=O)N1CCCOC(=O)CCc1ccsc1. The van der Waals surface area contributed by atoms with Gasteiger partial charge in [0.2, 0.25) is 5.91 Å². The Labute approximate surface area is 148 Å². The minimum atomic E-state index is -0.489. The smallest absolute Gasteiger partial charge is 0.333 e. The molecule has 0 spiro atoms. The van der Waals surface area contributed by atoms with E-state index in [0.717, 1.165) is 5.56 Å². The lowest BCUT2D eigenvalue weighted by Crippen LogP contribution is -2.27. The van der Waals surface area contributed by atoms with Gasteiger partial charge in [0, 0.05) is 13.0 Å². The number of thiophene rings is 1. The summed E-state index contributed by atoms with van der Waals surface area (Å²) in [7, 11) is 1.29. The van der Waals surface area contributed by atoms with Gasteiger partial charge in [0.25, 0.3) is 0 Å². The molecule has 1 aromatic rings. The zero-order chi connectivity index (χ0) is 17.4. The highest BCUT2D eigenvalue weighted by atomic mass is 32.2. The molecule has 1 aliphatic heterocycles. The van der Waals surface area contributed by atoms with Crippen LogP contribution in [0.3, 0.4) is 0 Å². The van der Waals surface area contributed by atoms with E-state index in [-0.39, 0.29) is 18.5 Å². The number of hydrogen-bond acceptors (Lipinski definition) is 7. The molecule has 6 nitrogen and oxygen atoms in total. The van der Waals surface area contributed by atoms with Crippen LogP contribution in [0.1, 0.15) is 18.4 Å². The molecule has 1 aliphatic rings. The first-order valence-corrected chi connectivity index (χ1v) is 9.42. The number of amides is 1. The molecule has 1 amide bonds. The van der Waals surface area contributed by atoms with Crippen LogP contribution in [0.2, 0.25) is 0 Å². The molecule has 1 saturated heterocycles. The second-order valence-corrected chi connectivity index (χ2v) is 6.82. The normalized spacial score (nSPS) is 15.8. The quantitative estimate of drug-likeness (QED) is 0.397. The van der Waals surface area contributed by atoms with Crippen LogP contribution >= 0.6 is 23.1 Å². The summed E-state index contributed by atoms with van der Waals surface area (Å²) in [5.41, 5.74) is 1.13. The molecule has 0 N–H and O–H groups in total. The lowest BCUT2D eigenvalue weighted by Gasteiger charge is -2.16. The highest BCUT2D eigenvalue weighted by Crippen LogP contribution is 2.28. The van der Waals surface area contributed by atoms with Crippen molar-refractivity contribution in [1.82, 2.24) is 4.90 Å². The van der Waals surface area contributed by atoms with Crippen molar-refractivity contribution in [3.05, 3.63) is 33.5 Å². The fraction of sp³-hybridized carbons (Fsp3) is 0.438. The van der Waals surface area contributed by atoms with Gasteiger partial charge in [0.15, 0.2) is 0 Å². The Balaban J connectivity index is 1.68. The van der Waals surface area contributed by atoms with Crippen LogP contribution in [0.5, 0.6) is 0 Å². The molecule has 0 bridgehead atoms. The monoisotopic (exact) mass is 369 g/mol. The van der Waals surface area contributed by atoms with Crippen LogP contribution < -0.4 is 0 Å². The Kier molecular flexibility index (Phi) is 7.33. The largest absolute Gasteiger partial charge is 0.466 e. The van der Waals surface area contributed by atoms with Gasteiger partial charge in [0.1, 0.15) is 0 Å². The van der Waals surface area contributed by atoms with Gasteiger partial charge >= 0.3 is 11.9 Å². The average Bonchev–Trinajstić information content (AvgIpc) is 3.20. The van der Waals surface area contributed by atoms with Crippen molar-refractivity contribution >= 4 is 40.9 Å². The van der Waals surface area contributed by atoms with E-state index in [4.69, 9.17) is 4.74 Å². The number of thioether (sulfide) groups is 1. The maximum Gasteiger partial charge on any atom is 0.333 e. The molecule has 0 saturated carbocycles. The zero-order valence-electron chi connectivity index (χ0n) is 13.4. The molecule has 24 heavy (non-hydrogen) atoms. The Morgan fingerprint density at radius 3 is 2.96 bits per heavy atom. The first-order chi connectivity index (χ1) is 11.6. The van der Waals surface area contributed by atoms with Crippen LogP contribution in [0.4, 0.5) is 0 Å². The number of hydrogen-bond donors (Lipinski definition) is 0. The molecule has 0 radical (unpaired) electrons. The summed E-state index contributed by atoms with van der Waals surface area (Å²) in [6.45, 7) is 0.662. The van der Waals surface area contributed by atoms with Gasteiger partial charge in [-0.25, -0.2) is 4.79 Å². The first-order valence-electron chi connectivity index (χ1n) is 7.49. The molecule has 130 valence electrons. The fourth-order valence-electron chi connectivity index (χ4n) is 2.09.